The molecule has 1 saturated heterocycles. The molecule has 28 heavy (non-hydrogen) atoms. The molecule has 0 N–H and O–H groups in total. The summed E-state index contributed by atoms with van der Waals surface area (Å²) in [6.07, 6.45) is 2.24. The highest BCUT2D eigenvalue weighted by Crippen LogP contribution is 2.18. The van der Waals surface area contributed by atoms with Crippen LogP contribution < -0.4 is 4.74 Å². The van der Waals surface area contributed by atoms with Crippen LogP contribution in [0.25, 0.3) is 0 Å². The van der Waals surface area contributed by atoms with Crippen molar-refractivity contribution in [2.75, 3.05) is 33.3 Å². The summed E-state index contributed by atoms with van der Waals surface area (Å²) >= 11 is 12.0. The lowest BCUT2D eigenvalue weighted by Gasteiger charge is -2.22. The van der Waals surface area contributed by atoms with E-state index in [2.05, 4.69) is 9.88 Å². The monoisotopic (exact) mass is 421 g/mol. The van der Waals surface area contributed by atoms with Crippen LogP contribution in [0.1, 0.15) is 24.0 Å². The smallest absolute Gasteiger partial charge is 0.222 e. The lowest BCUT2D eigenvalue weighted by molar-refractivity contribution is -0.131. The van der Waals surface area contributed by atoms with Crippen LogP contribution in [-0.4, -0.2) is 54.0 Å². The fourth-order valence-corrected chi connectivity index (χ4v) is 3.95. The summed E-state index contributed by atoms with van der Waals surface area (Å²) in [4.78, 5) is 20.9. The third-order valence-electron chi connectivity index (χ3n) is 4.96. The first kappa shape index (κ1) is 20.9. The molecule has 0 radical (unpaired) electrons. The maximum Gasteiger partial charge on any atom is 0.222 e. The SMILES string of the molecule is COc1ccc(CCC(=O)N2CCCN(Cc3cc(Cl)nc(Cl)c3)CC2)cc1. The van der Waals surface area contributed by atoms with Gasteiger partial charge in [-0.05, 0) is 48.2 Å². The number of ether oxygens (including phenoxy) is 1. The van der Waals surface area contributed by atoms with E-state index in [1.54, 1.807) is 7.11 Å². The van der Waals surface area contributed by atoms with E-state index in [0.717, 1.165) is 62.4 Å². The Balaban J connectivity index is 1.48. The van der Waals surface area contributed by atoms with Crippen LogP contribution in [0.4, 0.5) is 0 Å². The normalized spacial score (nSPS) is 15.3. The second kappa shape index (κ2) is 10.1. The molecule has 1 aliphatic rings. The minimum atomic E-state index is 0.215. The first-order valence-corrected chi connectivity index (χ1v) is 10.2. The van der Waals surface area contributed by atoms with Gasteiger partial charge in [0.2, 0.25) is 5.91 Å². The number of halogens is 2. The van der Waals surface area contributed by atoms with Gasteiger partial charge in [0.05, 0.1) is 7.11 Å². The second-order valence-electron chi connectivity index (χ2n) is 6.98. The lowest BCUT2D eigenvalue weighted by Crippen LogP contribution is -2.35. The van der Waals surface area contributed by atoms with Crippen LogP contribution in [0.15, 0.2) is 36.4 Å². The van der Waals surface area contributed by atoms with Gasteiger partial charge in [-0.1, -0.05) is 35.3 Å². The van der Waals surface area contributed by atoms with E-state index < -0.39 is 0 Å². The van der Waals surface area contributed by atoms with Crippen LogP contribution >= 0.6 is 23.2 Å². The van der Waals surface area contributed by atoms with E-state index in [-0.39, 0.29) is 5.91 Å². The average Bonchev–Trinajstić information content (AvgIpc) is 2.91. The highest BCUT2D eigenvalue weighted by atomic mass is 35.5. The molecule has 3 rings (SSSR count). The largest absolute Gasteiger partial charge is 0.497 e. The summed E-state index contributed by atoms with van der Waals surface area (Å²) in [5, 5.41) is 0.820. The second-order valence-corrected chi connectivity index (χ2v) is 7.75. The third-order valence-corrected chi connectivity index (χ3v) is 5.34. The van der Waals surface area contributed by atoms with Crippen LogP contribution in [0.2, 0.25) is 10.3 Å². The molecule has 0 spiro atoms. The zero-order valence-corrected chi connectivity index (χ0v) is 17.5. The molecule has 5 nitrogen and oxygen atoms in total. The number of carbonyl (C=O) groups is 1. The number of aryl methyl sites for hydroxylation is 1. The fourth-order valence-electron chi connectivity index (χ4n) is 3.44. The Morgan fingerprint density at radius 1 is 1.04 bits per heavy atom. The molecule has 150 valence electrons. The fraction of sp³-hybridized carbons (Fsp3) is 0.429. The van der Waals surface area contributed by atoms with Gasteiger partial charge >= 0.3 is 0 Å². The zero-order chi connectivity index (χ0) is 19.9. The Bertz CT molecular complexity index is 778. The summed E-state index contributed by atoms with van der Waals surface area (Å²) in [6, 6.07) is 11.6. The molecule has 0 bridgehead atoms. The van der Waals surface area contributed by atoms with Gasteiger partial charge in [-0.15, -0.1) is 0 Å². The van der Waals surface area contributed by atoms with Crippen LogP contribution in [0, 0.1) is 0 Å². The van der Waals surface area contributed by atoms with Gasteiger partial charge in [-0.3, -0.25) is 9.69 Å². The molecule has 1 aromatic heterocycles. The van der Waals surface area contributed by atoms with Gasteiger partial charge in [0, 0.05) is 39.1 Å². The molecule has 0 aliphatic carbocycles. The van der Waals surface area contributed by atoms with E-state index in [1.807, 2.05) is 41.3 Å². The molecule has 7 heteroatoms. The van der Waals surface area contributed by atoms with E-state index in [0.29, 0.717) is 16.7 Å². The maximum atomic E-state index is 12.6. The Kier molecular flexibility index (Phi) is 7.54. The van der Waals surface area contributed by atoms with Gasteiger partial charge in [0.1, 0.15) is 16.1 Å². The number of carbonyl (C=O) groups excluding carboxylic acids is 1. The van der Waals surface area contributed by atoms with E-state index in [9.17, 15) is 4.79 Å². The molecule has 0 unspecified atom stereocenters. The predicted octanol–water partition coefficient (Wildman–Crippen LogP) is 4.06. The summed E-state index contributed by atoms with van der Waals surface area (Å²) in [6.45, 7) is 4.09. The van der Waals surface area contributed by atoms with E-state index in [4.69, 9.17) is 27.9 Å². The molecule has 2 heterocycles. The van der Waals surface area contributed by atoms with Crippen molar-refractivity contribution in [3.63, 3.8) is 0 Å². The number of hydrogen-bond acceptors (Lipinski definition) is 4. The molecule has 0 atom stereocenters. The van der Waals surface area contributed by atoms with Crippen LogP contribution in [0.5, 0.6) is 5.75 Å². The van der Waals surface area contributed by atoms with Crippen molar-refractivity contribution >= 4 is 29.1 Å². The molecule has 1 amide bonds. The van der Waals surface area contributed by atoms with Crippen molar-refractivity contribution in [2.24, 2.45) is 0 Å². The van der Waals surface area contributed by atoms with Crippen molar-refractivity contribution in [3.8, 4) is 5.75 Å². The predicted molar refractivity (Wildman–Crippen MR) is 112 cm³/mol. The number of amides is 1. The van der Waals surface area contributed by atoms with Gasteiger partial charge in [0.15, 0.2) is 0 Å². The molecule has 1 aromatic carbocycles. The minimum Gasteiger partial charge on any atom is -0.497 e. The number of aromatic nitrogens is 1. The highest BCUT2D eigenvalue weighted by Gasteiger charge is 2.19. The van der Waals surface area contributed by atoms with Gasteiger partial charge in [0.25, 0.3) is 0 Å². The quantitative estimate of drug-likeness (QED) is 0.659. The Hall–Kier alpha value is -1.82. The maximum absolute atomic E-state index is 12.6. The number of nitrogens with zero attached hydrogens (tertiary/aromatic N) is 3. The van der Waals surface area contributed by atoms with Crippen LogP contribution in [0.3, 0.4) is 0 Å². The summed E-state index contributed by atoms with van der Waals surface area (Å²) in [5.74, 6) is 1.05. The molecular formula is C21H25Cl2N3O2. The number of pyridine rings is 1. The third kappa shape index (κ3) is 6.09. The zero-order valence-electron chi connectivity index (χ0n) is 16.0. The molecule has 2 aromatic rings. The minimum absolute atomic E-state index is 0.215. The standard InChI is InChI=1S/C21H25Cl2N3O2/c1-28-18-6-3-16(4-7-18)5-8-21(27)26-10-2-9-25(11-12-26)15-17-13-19(22)24-20(23)14-17/h3-4,6-7,13-14H,2,5,8-12,15H2,1H3. The van der Waals surface area contributed by atoms with E-state index in [1.165, 1.54) is 0 Å². The van der Waals surface area contributed by atoms with Crippen molar-refractivity contribution < 1.29 is 9.53 Å². The molecule has 0 saturated carbocycles. The first-order valence-electron chi connectivity index (χ1n) is 9.48. The Morgan fingerprint density at radius 2 is 1.75 bits per heavy atom. The number of rotatable bonds is 6. The van der Waals surface area contributed by atoms with Crippen molar-refractivity contribution in [3.05, 3.63) is 57.8 Å². The summed E-state index contributed by atoms with van der Waals surface area (Å²) in [5.41, 5.74) is 2.20. The van der Waals surface area contributed by atoms with Gasteiger partial charge in [-0.25, -0.2) is 4.98 Å². The number of methoxy groups -OCH3 is 1. The van der Waals surface area contributed by atoms with Gasteiger partial charge < -0.3 is 9.64 Å². The van der Waals surface area contributed by atoms with Gasteiger partial charge in [-0.2, -0.15) is 0 Å². The van der Waals surface area contributed by atoms with Crippen molar-refractivity contribution in [1.82, 2.24) is 14.8 Å². The van der Waals surface area contributed by atoms with Crippen molar-refractivity contribution in [1.29, 1.82) is 0 Å². The number of benzene rings is 1. The van der Waals surface area contributed by atoms with Crippen LogP contribution in [-0.2, 0) is 17.8 Å². The first-order chi connectivity index (χ1) is 13.5. The summed E-state index contributed by atoms with van der Waals surface area (Å²) in [7, 11) is 1.65. The number of hydrogen-bond donors (Lipinski definition) is 0. The summed E-state index contributed by atoms with van der Waals surface area (Å²) < 4.78 is 5.17. The topological polar surface area (TPSA) is 45.7 Å². The Labute approximate surface area is 176 Å². The van der Waals surface area contributed by atoms with E-state index >= 15 is 0 Å². The Morgan fingerprint density at radius 3 is 2.43 bits per heavy atom. The average molecular weight is 422 g/mol. The lowest BCUT2D eigenvalue weighted by atomic mass is 10.1. The van der Waals surface area contributed by atoms with Crippen molar-refractivity contribution in [2.45, 2.75) is 25.8 Å². The molecular weight excluding hydrogens is 397 g/mol. The highest BCUT2D eigenvalue weighted by molar-refractivity contribution is 6.32. The molecule has 1 aliphatic heterocycles. The molecule has 1 fully saturated rings.